The Morgan fingerprint density at radius 3 is 2.33 bits per heavy atom. The van der Waals surface area contributed by atoms with Crippen molar-refractivity contribution < 1.29 is 18.0 Å². The van der Waals surface area contributed by atoms with E-state index in [4.69, 9.17) is 11.6 Å². The maximum atomic E-state index is 13.1. The number of halogens is 4. The molecule has 1 amide bonds. The Bertz CT molecular complexity index is 659. The normalized spacial score (nSPS) is 10.5. The lowest BCUT2D eigenvalue weighted by Gasteiger charge is -2.07. The van der Waals surface area contributed by atoms with E-state index in [1.807, 2.05) is 0 Å². The van der Waals surface area contributed by atoms with Gasteiger partial charge in [-0.25, -0.2) is 13.2 Å². The van der Waals surface area contributed by atoms with Gasteiger partial charge in [0.25, 0.3) is 5.91 Å². The minimum absolute atomic E-state index is 0.130. The van der Waals surface area contributed by atoms with Crippen LogP contribution < -0.4 is 5.32 Å². The number of hydrogen-bond donors (Lipinski definition) is 1. The molecule has 2 nitrogen and oxygen atoms in total. The quantitative estimate of drug-likeness (QED) is 0.856. The Hall–Kier alpha value is -2.01. The predicted molar refractivity (Wildman–Crippen MR) is 73.8 cm³/mol. The zero-order valence-electron chi connectivity index (χ0n) is 10.8. The summed E-state index contributed by atoms with van der Waals surface area (Å²) in [6, 6.07) is 7.36. The number of benzene rings is 2. The zero-order valence-corrected chi connectivity index (χ0v) is 11.6. The number of carbonyl (C=O) groups excluding carboxylic acids is 1. The Balaban J connectivity index is 1.96. The molecule has 110 valence electrons. The third-order valence-electron chi connectivity index (χ3n) is 2.87. The van der Waals surface area contributed by atoms with Gasteiger partial charge >= 0.3 is 0 Å². The van der Waals surface area contributed by atoms with Crippen LogP contribution in [0.25, 0.3) is 0 Å². The van der Waals surface area contributed by atoms with Crippen molar-refractivity contribution in [3.05, 3.63) is 70.0 Å². The molecular formula is C15H11ClF3NO. The molecular weight excluding hydrogens is 303 g/mol. The molecule has 0 saturated carbocycles. The van der Waals surface area contributed by atoms with Crippen LogP contribution in [-0.2, 0) is 6.42 Å². The van der Waals surface area contributed by atoms with Crippen LogP contribution in [-0.4, -0.2) is 12.5 Å². The van der Waals surface area contributed by atoms with Gasteiger partial charge in [0, 0.05) is 6.54 Å². The Morgan fingerprint density at radius 1 is 1.05 bits per heavy atom. The van der Waals surface area contributed by atoms with Crippen LogP contribution in [0, 0.1) is 17.5 Å². The summed E-state index contributed by atoms with van der Waals surface area (Å²) in [7, 11) is 0. The van der Waals surface area contributed by atoms with Gasteiger partial charge in [0.1, 0.15) is 5.82 Å². The minimum atomic E-state index is -1.14. The molecule has 1 N–H and O–H groups in total. The van der Waals surface area contributed by atoms with Gasteiger partial charge in [-0.3, -0.25) is 4.79 Å². The fourth-order valence-electron chi connectivity index (χ4n) is 1.76. The summed E-state index contributed by atoms with van der Waals surface area (Å²) < 4.78 is 38.7. The molecule has 0 aliphatic heterocycles. The lowest BCUT2D eigenvalue weighted by Crippen LogP contribution is -2.26. The molecule has 0 atom stereocenters. The third kappa shape index (κ3) is 3.98. The fraction of sp³-hybridized carbons (Fsp3) is 0.133. The molecule has 0 radical (unpaired) electrons. The molecule has 6 heteroatoms. The van der Waals surface area contributed by atoms with Crippen LogP contribution in [0.2, 0.25) is 5.02 Å². The summed E-state index contributed by atoms with van der Waals surface area (Å²) in [4.78, 5) is 11.8. The molecule has 0 bridgehead atoms. The first kappa shape index (κ1) is 15.4. The van der Waals surface area contributed by atoms with Gasteiger partial charge in [0.15, 0.2) is 11.6 Å². The monoisotopic (exact) mass is 313 g/mol. The highest BCUT2D eigenvalue weighted by atomic mass is 35.5. The second-order valence-electron chi connectivity index (χ2n) is 4.38. The highest BCUT2D eigenvalue weighted by Gasteiger charge is 2.14. The Labute approximate surface area is 124 Å². The molecule has 0 aliphatic rings. The van der Waals surface area contributed by atoms with E-state index < -0.39 is 17.5 Å². The lowest BCUT2D eigenvalue weighted by atomic mass is 10.1. The molecule has 0 heterocycles. The molecule has 2 aromatic carbocycles. The molecule has 0 aliphatic carbocycles. The molecule has 0 unspecified atom stereocenters. The van der Waals surface area contributed by atoms with Crippen LogP contribution in [0.3, 0.4) is 0 Å². The maximum Gasteiger partial charge on any atom is 0.252 e. The van der Waals surface area contributed by atoms with Crippen molar-refractivity contribution in [1.29, 1.82) is 0 Å². The minimum Gasteiger partial charge on any atom is -0.352 e. The number of hydrogen-bond acceptors (Lipinski definition) is 1. The Kier molecular flexibility index (Phi) is 4.85. The molecule has 0 aromatic heterocycles. The van der Waals surface area contributed by atoms with E-state index in [9.17, 15) is 18.0 Å². The second-order valence-corrected chi connectivity index (χ2v) is 4.79. The standard InChI is InChI=1S/C15H11ClF3NO/c16-12-8-14(19)13(18)7-11(12)15(21)20-6-5-9-1-3-10(17)4-2-9/h1-4,7-8H,5-6H2,(H,20,21). The van der Waals surface area contributed by atoms with E-state index in [-0.39, 0.29) is 22.9 Å². The number of amides is 1. The van der Waals surface area contributed by atoms with Crippen molar-refractivity contribution in [3.63, 3.8) is 0 Å². The van der Waals surface area contributed by atoms with Crippen LogP contribution >= 0.6 is 11.6 Å². The number of rotatable bonds is 4. The average molecular weight is 314 g/mol. The highest BCUT2D eigenvalue weighted by Crippen LogP contribution is 2.19. The molecule has 0 spiro atoms. The van der Waals surface area contributed by atoms with Crippen LogP contribution in [0.4, 0.5) is 13.2 Å². The van der Waals surface area contributed by atoms with Gasteiger partial charge in [-0.1, -0.05) is 23.7 Å². The van der Waals surface area contributed by atoms with Crippen molar-refractivity contribution >= 4 is 17.5 Å². The van der Waals surface area contributed by atoms with Crippen molar-refractivity contribution in [2.75, 3.05) is 6.54 Å². The van der Waals surface area contributed by atoms with Crippen LogP contribution in [0.5, 0.6) is 0 Å². The number of nitrogens with one attached hydrogen (secondary N) is 1. The molecule has 21 heavy (non-hydrogen) atoms. The van der Waals surface area contributed by atoms with Crippen LogP contribution in [0.15, 0.2) is 36.4 Å². The molecule has 0 saturated heterocycles. The van der Waals surface area contributed by atoms with Crippen molar-refractivity contribution in [2.24, 2.45) is 0 Å². The molecule has 2 aromatic rings. The number of carbonyl (C=O) groups is 1. The van der Waals surface area contributed by atoms with Gasteiger partial charge in [-0.15, -0.1) is 0 Å². The van der Waals surface area contributed by atoms with E-state index in [1.165, 1.54) is 12.1 Å². The second kappa shape index (κ2) is 6.63. The summed E-state index contributed by atoms with van der Waals surface area (Å²) in [5, 5.41) is 2.38. The SMILES string of the molecule is O=C(NCCc1ccc(F)cc1)c1cc(F)c(F)cc1Cl. The lowest BCUT2D eigenvalue weighted by molar-refractivity contribution is 0.0953. The third-order valence-corrected chi connectivity index (χ3v) is 3.18. The summed E-state index contributed by atoms with van der Waals surface area (Å²) in [6.07, 6.45) is 0.479. The smallest absolute Gasteiger partial charge is 0.252 e. The van der Waals surface area contributed by atoms with E-state index in [1.54, 1.807) is 12.1 Å². The van der Waals surface area contributed by atoms with Crippen LogP contribution in [0.1, 0.15) is 15.9 Å². The van der Waals surface area contributed by atoms with Gasteiger partial charge < -0.3 is 5.32 Å². The molecule has 0 fully saturated rings. The first-order chi connectivity index (χ1) is 9.97. The largest absolute Gasteiger partial charge is 0.352 e. The van der Waals surface area contributed by atoms with Gasteiger partial charge in [-0.05, 0) is 36.2 Å². The van der Waals surface area contributed by atoms with Crippen molar-refractivity contribution in [3.8, 4) is 0 Å². The topological polar surface area (TPSA) is 29.1 Å². The van der Waals surface area contributed by atoms with E-state index in [2.05, 4.69) is 5.32 Å². The first-order valence-corrected chi connectivity index (χ1v) is 6.52. The van der Waals surface area contributed by atoms with E-state index in [0.717, 1.165) is 17.7 Å². The Morgan fingerprint density at radius 2 is 1.67 bits per heavy atom. The van der Waals surface area contributed by atoms with E-state index in [0.29, 0.717) is 6.42 Å². The maximum absolute atomic E-state index is 13.1. The van der Waals surface area contributed by atoms with Crippen molar-refractivity contribution in [1.82, 2.24) is 5.32 Å². The highest BCUT2D eigenvalue weighted by molar-refractivity contribution is 6.33. The zero-order chi connectivity index (χ0) is 15.4. The van der Waals surface area contributed by atoms with Gasteiger partial charge in [-0.2, -0.15) is 0 Å². The summed E-state index contributed by atoms with van der Waals surface area (Å²) in [6.45, 7) is 0.264. The average Bonchev–Trinajstić information content (AvgIpc) is 2.45. The molecule has 2 rings (SSSR count). The van der Waals surface area contributed by atoms with Crippen molar-refractivity contribution in [2.45, 2.75) is 6.42 Å². The van der Waals surface area contributed by atoms with Gasteiger partial charge in [0.2, 0.25) is 0 Å². The summed E-state index contributed by atoms with van der Waals surface area (Å²) >= 11 is 5.70. The predicted octanol–water partition coefficient (Wildman–Crippen LogP) is 3.73. The van der Waals surface area contributed by atoms with Gasteiger partial charge in [0.05, 0.1) is 10.6 Å². The fourth-order valence-corrected chi connectivity index (χ4v) is 2.00. The van der Waals surface area contributed by atoms with E-state index >= 15 is 0 Å². The summed E-state index contributed by atoms with van der Waals surface area (Å²) in [5.74, 6) is -3.18. The summed E-state index contributed by atoms with van der Waals surface area (Å²) in [5.41, 5.74) is 0.711. The first-order valence-electron chi connectivity index (χ1n) is 6.14.